The van der Waals surface area contributed by atoms with E-state index in [2.05, 4.69) is 11.5 Å². The molecule has 0 saturated carbocycles. The van der Waals surface area contributed by atoms with Gasteiger partial charge in [-0.15, -0.1) is 17.9 Å². The summed E-state index contributed by atoms with van der Waals surface area (Å²) in [4.78, 5) is 30.1. The molecule has 2 saturated heterocycles. The van der Waals surface area contributed by atoms with Crippen molar-refractivity contribution < 1.29 is 19.4 Å². The number of likely N-dealkylation sites (tertiary alicyclic amines) is 2. The Morgan fingerprint density at radius 3 is 2.88 bits per heavy atom. The molecule has 0 unspecified atom stereocenters. The van der Waals surface area contributed by atoms with Gasteiger partial charge >= 0.3 is 5.97 Å². The van der Waals surface area contributed by atoms with Crippen LogP contribution in [0.1, 0.15) is 14.5 Å². The number of hydrogen-bond donors (Lipinski definition) is 1. The van der Waals surface area contributed by atoms with Crippen molar-refractivity contribution in [2.24, 2.45) is 11.3 Å². The quantitative estimate of drug-likeness (QED) is 0.788. The average Bonchev–Trinajstić information content (AvgIpc) is 3.20. The highest BCUT2D eigenvalue weighted by molar-refractivity contribution is 7.14. The van der Waals surface area contributed by atoms with Gasteiger partial charge in [-0.25, -0.2) is 0 Å². The largest absolute Gasteiger partial charge is 0.481 e. The number of carboxylic acid groups (broad SMARTS) is 1. The second-order valence-electron chi connectivity index (χ2n) is 6.53. The number of methoxy groups -OCH3 is 1. The molecule has 0 aliphatic carbocycles. The minimum absolute atomic E-state index is 0.0303. The third kappa shape index (κ3) is 2.87. The maximum atomic E-state index is 12.7. The number of carbonyl (C=O) groups is 2. The number of amides is 1. The van der Waals surface area contributed by atoms with E-state index in [1.54, 1.807) is 24.2 Å². The van der Waals surface area contributed by atoms with E-state index in [0.717, 1.165) is 4.88 Å². The van der Waals surface area contributed by atoms with Gasteiger partial charge in [-0.2, -0.15) is 0 Å². The fourth-order valence-corrected chi connectivity index (χ4v) is 4.76. The number of thiophene rings is 1. The Labute approximate surface area is 145 Å². The minimum atomic E-state index is -0.856. The second-order valence-corrected chi connectivity index (χ2v) is 7.69. The molecule has 1 N–H and O–H groups in total. The number of carboxylic acids is 1. The summed E-state index contributed by atoms with van der Waals surface area (Å²) in [6.45, 7) is 6.83. The molecule has 2 atom stereocenters. The third-order valence-corrected chi connectivity index (χ3v) is 5.99. The molecule has 1 aromatic heterocycles. The molecule has 3 rings (SSSR count). The summed E-state index contributed by atoms with van der Waals surface area (Å²) in [6.07, 6.45) is 1.79. The van der Waals surface area contributed by atoms with Gasteiger partial charge in [-0.05, 0) is 12.1 Å². The number of aliphatic carboxylic acids is 1. The van der Waals surface area contributed by atoms with Gasteiger partial charge in [0.15, 0.2) is 0 Å². The molecular weight excluding hydrogens is 328 g/mol. The number of nitrogens with zero attached hydrogens (tertiary/aromatic N) is 2. The van der Waals surface area contributed by atoms with Crippen molar-refractivity contribution in [3.8, 4) is 0 Å². The smallest absolute Gasteiger partial charge is 0.313 e. The normalized spacial score (nSPS) is 26.5. The first-order chi connectivity index (χ1) is 11.5. The van der Waals surface area contributed by atoms with Crippen LogP contribution in [0.15, 0.2) is 24.8 Å². The van der Waals surface area contributed by atoms with Gasteiger partial charge in [0.05, 0.1) is 11.5 Å². The molecule has 7 heteroatoms. The summed E-state index contributed by atoms with van der Waals surface area (Å²) >= 11 is 1.41. The lowest BCUT2D eigenvalue weighted by Crippen LogP contribution is -2.42. The van der Waals surface area contributed by atoms with E-state index in [-0.39, 0.29) is 18.4 Å². The van der Waals surface area contributed by atoms with Crippen molar-refractivity contribution >= 4 is 23.2 Å². The van der Waals surface area contributed by atoms with Crippen LogP contribution in [0.4, 0.5) is 0 Å². The first-order valence-electron chi connectivity index (χ1n) is 7.93. The number of ether oxygens (including phenoxy) is 1. The van der Waals surface area contributed by atoms with E-state index in [4.69, 9.17) is 4.74 Å². The van der Waals surface area contributed by atoms with Gasteiger partial charge in [0, 0.05) is 50.6 Å². The molecule has 0 radical (unpaired) electrons. The van der Waals surface area contributed by atoms with Crippen molar-refractivity contribution in [3.05, 3.63) is 34.5 Å². The first kappa shape index (κ1) is 17.1. The molecule has 1 aromatic rings. The van der Waals surface area contributed by atoms with Gasteiger partial charge in [-0.3, -0.25) is 14.5 Å². The fourth-order valence-electron chi connectivity index (χ4n) is 3.82. The van der Waals surface area contributed by atoms with Crippen LogP contribution in [0.25, 0.3) is 0 Å². The zero-order chi connectivity index (χ0) is 17.3. The molecule has 24 heavy (non-hydrogen) atoms. The van der Waals surface area contributed by atoms with Crippen molar-refractivity contribution in [1.29, 1.82) is 0 Å². The summed E-state index contributed by atoms with van der Waals surface area (Å²) in [6, 6.07) is 3.68. The summed E-state index contributed by atoms with van der Waals surface area (Å²) < 4.78 is 5.08. The van der Waals surface area contributed by atoms with Gasteiger partial charge in [0.25, 0.3) is 5.91 Å². The predicted molar refractivity (Wildman–Crippen MR) is 91.1 cm³/mol. The van der Waals surface area contributed by atoms with Crippen LogP contribution in [-0.4, -0.2) is 66.6 Å². The highest BCUT2D eigenvalue weighted by Gasteiger charge is 2.58. The van der Waals surface area contributed by atoms with Crippen LogP contribution in [0.3, 0.4) is 0 Å². The maximum absolute atomic E-state index is 12.7. The number of carbonyl (C=O) groups excluding carboxylic acids is 1. The van der Waals surface area contributed by atoms with Crippen molar-refractivity contribution in [3.63, 3.8) is 0 Å². The Morgan fingerprint density at radius 1 is 1.46 bits per heavy atom. The third-order valence-electron chi connectivity index (χ3n) is 4.94. The Morgan fingerprint density at radius 2 is 2.25 bits per heavy atom. The molecule has 1 amide bonds. The van der Waals surface area contributed by atoms with E-state index in [1.165, 1.54) is 11.3 Å². The standard InChI is InChI=1S/C17H22N2O4S/c1-3-6-18-7-12-8-19(11-17(12,10-18)16(21)22)15(20)14-5-4-13(24-14)9-23-2/h3-5,12H,1,6-11H2,2H3,(H,21,22)/t12-,17-/m1/s1. The number of hydrogen-bond acceptors (Lipinski definition) is 5. The molecule has 0 bridgehead atoms. The van der Waals surface area contributed by atoms with E-state index >= 15 is 0 Å². The minimum Gasteiger partial charge on any atom is -0.481 e. The summed E-state index contributed by atoms with van der Waals surface area (Å²) in [7, 11) is 1.62. The van der Waals surface area contributed by atoms with E-state index < -0.39 is 11.4 Å². The molecule has 2 fully saturated rings. The fraction of sp³-hybridized carbons (Fsp3) is 0.529. The van der Waals surface area contributed by atoms with E-state index in [9.17, 15) is 14.7 Å². The van der Waals surface area contributed by atoms with Crippen LogP contribution in [0.5, 0.6) is 0 Å². The Balaban J connectivity index is 1.75. The van der Waals surface area contributed by atoms with Crippen LogP contribution < -0.4 is 0 Å². The first-order valence-corrected chi connectivity index (χ1v) is 8.75. The molecule has 3 heterocycles. The van der Waals surface area contributed by atoms with Crippen molar-refractivity contribution in [2.75, 3.05) is 39.8 Å². The molecule has 0 aromatic carbocycles. The maximum Gasteiger partial charge on any atom is 0.313 e. The van der Waals surface area contributed by atoms with E-state index in [1.807, 2.05) is 6.07 Å². The number of rotatable bonds is 6. The van der Waals surface area contributed by atoms with Crippen LogP contribution in [0.2, 0.25) is 0 Å². The van der Waals surface area contributed by atoms with Crippen LogP contribution in [-0.2, 0) is 16.1 Å². The van der Waals surface area contributed by atoms with Gasteiger partial charge in [0.1, 0.15) is 5.41 Å². The van der Waals surface area contributed by atoms with Crippen molar-refractivity contribution in [2.45, 2.75) is 6.61 Å². The molecule has 2 aliphatic rings. The van der Waals surface area contributed by atoms with Crippen LogP contribution >= 0.6 is 11.3 Å². The molecular formula is C17H22N2O4S. The van der Waals surface area contributed by atoms with Gasteiger partial charge < -0.3 is 14.7 Å². The summed E-state index contributed by atoms with van der Waals surface area (Å²) in [5.74, 6) is -0.912. The lowest BCUT2D eigenvalue weighted by molar-refractivity contribution is -0.148. The molecule has 0 spiro atoms. The lowest BCUT2D eigenvalue weighted by atomic mass is 9.81. The SMILES string of the molecule is C=CCN1C[C@@H]2CN(C(=O)c3ccc(COC)s3)C[C@]2(C(=O)O)C1. The lowest BCUT2D eigenvalue weighted by Gasteiger charge is -2.24. The average molecular weight is 350 g/mol. The van der Waals surface area contributed by atoms with E-state index in [0.29, 0.717) is 37.7 Å². The van der Waals surface area contributed by atoms with Gasteiger partial charge in [-0.1, -0.05) is 6.08 Å². The Kier molecular flexibility index (Phi) is 4.76. The number of fused-ring (bicyclic) bond motifs is 1. The van der Waals surface area contributed by atoms with Crippen molar-refractivity contribution in [1.82, 2.24) is 9.80 Å². The Hall–Kier alpha value is -1.70. The monoisotopic (exact) mass is 350 g/mol. The summed E-state index contributed by atoms with van der Waals surface area (Å²) in [5.41, 5.74) is -0.856. The molecule has 6 nitrogen and oxygen atoms in total. The second kappa shape index (κ2) is 6.66. The zero-order valence-electron chi connectivity index (χ0n) is 13.7. The highest BCUT2D eigenvalue weighted by atomic mass is 32.1. The highest BCUT2D eigenvalue weighted by Crippen LogP contribution is 2.43. The van der Waals surface area contributed by atoms with Gasteiger partial charge in [0.2, 0.25) is 0 Å². The van der Waals surface area contributed by atoms with Crippen LogP contribution in [0, 0.1) is 11.3 Å². The summed E-state index contributed by atoms with van der Waals surface area (Å²) in [5, 5.41) is 9.80. The molecule has 130 valence electrons. The Bertz CT molecular complexity index is 659. The topological polar surface area (TPSA) is 70.1 Å². The predicted octanol–water partition coefficient (Wildman–Crippen LogP) is 1.54. The molecule has 2 aliphatic heterocycles. The zero-order valence-corrected chi connectivity index (χ0v) is 14.6.